The molecule has 0 saturated heterocycles. The number of nitrogens with one attached hydrogen (secondary N) is 2. The molecule has 3 atom stereocenters. The Labute approximate surface area is 179 Å². The molecule has 0 aliphatic heterocycles. The van der Waals surface area contributed by atoms with Gasteiger partial charge < -0.3 is 15.5 Å². The van der Waals surface area contributed by atoms with Crippen molar-refractivity contribution in [1.29, 1.82) is 0 Å². The highest BCUT2D eigenvalue weighted by Crippen LogP contribution is 2.56. The predicted molar refractivity (Wildman–Crippen MR) is 110 cm³/mol. The van der Waals surface area contributed by atoms with Crippen molar-refractivity contribution in [2.75, 3.05) is 13.7 Å². The number of aromatic amines is 2. The number of allylic oxidation sites excluding steroid dienone is 1. The van der Waals surface area contributed by atoms with Crippen molar-refractivity contribution in [3.05, 3.63) is 59.3 Å². The molecule has 6 nitrogen and oxygen atoms in total. The van der Waals surface area contributed by atoms with Crippen LogP contribution in [0.3, 0.4) is 0 Å². The molecule has 4 N–H and O–H groups in total. The molecule has 3 unspecified atom stereocenters. The number of alkyl halides is 2. The highest BCUT2D eigenvalue weighted by atomic mass is 32.1. The van der Waals surface area contributed by atoms with E-state index < -0.39 is 40.9 Å². The third-order valence-electron chi connectivity index (χ3n) is 6.57. The largest absolute Gasteiger partial charge is 0.374 e. The summed E-state index contributed by atoms with van der Waals surface area (Å²) < 4.78 is 50.4. The SMILES string of the molecule is COC1c2[nH]c(=O)[nH]c(=O)c2C(C2CC2)=C(F)C1c1cc2c(s1)CCC(F)(F)C2CN. The fourth-order valence-corrected chi connectivity index (χ4v) is 6.31. The summed E-state index contributed by atoms with van der Waals surface area (Å²) in [5, 5.41) is 0. The Kier molecular flexibility index (Phi) is 4.80. The number of aryl methyl sites for hydroxylation is 1. The zero-order chi connectivity index (χ0) is 22.1. The number of thiophene rings is 1. The Balaban J connectivity index is 1.70. The molecule has 3 aliphatic carbocycles. The van der Waals surface area contributed by atoms with Gasteiger partial charge in [-0.05, 0) is 36.8 Å². The molecule has 0 aromatic carbocycles. The van der Waals surface area contributed by atoms with Crippen LogP contribution in [0, 0.1) is 5.92 Å². The highest BCUT2D eigenvalue weighted by Gasteiger charge is 2.48. The smallest absolute Gasteiger partial charge is 0.326 e. The van der Waals surface area contributed by atoms with Gasteiger partial charge in [-0.3, -0.25) is 9.78 Å². The number of halogens is 3. The van der Waals surface area contributed by atoms with Gasteiger partial charge in [-0.1, -0.05) is 0 Å². The summed E-state index contributed by atoms with van der Waals surface area (Å²) in [6.07, 6.45) is 0.435. The van der Waals surface area contributed by atoms with Crippen LogP contribution in [0.25, 0.3) is 5.57 Å². The van der Waals surface area contributed by atoms with Crippen LogP contribution in [-0.4, -0.2) is 29.5 Å². The molecule has 0 radical (unpaired) electrons. The van der Waals surface area contributed by atoms with Crippen molar-refractivity contribution in [2.24, 2.45) is 11.7 Å². The van der Waals surface area contributed by atoms with Crippen LogP contribution in [-0.2, 0) is 11.2 Å². The number of hydrogen-bond acceptors (Lipinski definition) is 5. The molecule has 3 aliphatic rings. The van der Waals surface area contributed by atoms with E-state index in [0.717, 1.165) is 17.7 Å². The first-order valence-electron chi connectivity index (χ1n) is 10.3. The molecule has 2 aromatic heterocycles. The van der Waals surface area contributed by atoms with Gasteiger partial charge in [-0.25, -0.2) is 18.0 Å². The molecule has 1 fully saturated rings. The lowest BCUT2D eigenvalue weighted by atomic mass is 9.80. The summed E-state index contributed by atoms with van der Waals surface area (Å²) in [5.41, 5.74) is 5.42. The van der Waals surface area contributed by atoms with Crippen LogP contribution in [0.5, 0.6) is 0 Å². The number of hydrogen-bond donors (Lipinski definition) is 3. The third kappa shape index (κ3) is 3.15. The van der Waals surface area contributed by atoms with E-state index in [0.29, 0.717) is 10.4 Å². The summed E-state index contributed by atoms with van der Waals surface area (Å²) in [6, 6.07) is 1.61. The predicted octanol–water partition coefficient (Wildman–Crippen LogP) is 3.32. The van der Waals surface area contributed by atoms with Crippen LogP contribution >= 0.6 is 11.3 Å². The van der Waals surface area contributed by atoms with Gasteiger partial charge >= 0.3 is 5.69 Å². The number of fused-ring (bicyclic) bond motifs is 2. The maximum atomic E-state index is 16.0. The summed E-state index contributed by atoms with van der Waals surface area (Å²) >= 11 is 1.28. The van der Waals surface area contributed by atoms with E-state index in [1.807, 2.05) is 0 Å². The van der Waals surface area contributed by atoms with Crippen molar-refractivity contribution in [2.45, 2.75) is 49.5 Å². The first kappa shape index (κ1) is 20.7. The molecule has 1 saturated carbocycles. The van der Waals surface area contributed by atoms with Gasteiger partial charge in [0.15, 0.2) is 0 Å². The monoisotopic (exact) mass is 453 g/mol. The fraction of sp³-hybridized carbons (Fsp3) is 0.524. The number of rotatable bonds is 4. The van der Waals surface area contributed by atoms with Gasteiger partial charge in [0.05, 0.1) is 23.1 Å². The van der Waals surface area contributed by atoms with Crippen LogP contribution in [0.15, 0.2) is 21.5 Å². The minimum Gasteiger partial charge on any atom is -0.374 e. The molecule has 0 spiro atoms. The van der Waals surface area contributed by atoms with E-state index in [2.05, 4.69) is 9.97 Å². The molecule has 0 amide bonds. The normalized spacial score (nSPS) is 27.2. The molecule has 5 rings (SSSR count). The molecular formula is C21H22F3N3O3S. The van der Waals surface area contributed by atoms with E-state index in [1.54, 1.807) is 6.07 Å². The Bertz CT molecular complexity index is 1190. The number of H-pyrrole nitrogens is 2. The van der Waals surface area contributed by atoms with E-state index in [-0.39, 0.29) is 42.1 Å². The zero-order valence-electron chi connectivity index (χ0n) is 16.8. The highest BCUT2D eigenvalue weighted by molar-refractivity contribution is 7.12. The van der Waals surface area contributed by atoms with Gasteiger partial charge in [0.2, 0.25) is 0 Å². The van der Waals surface area contributed by atoms with Crippen molar-refractivity contribution in [3.8, 4) is 0 Å². The lowest BCUT2D eigenvalue weighted by Crippen LogP contribution is -2.35. The van der Waals surface area contributed by atoms with Crippen LogP contribution in [0.4, 0.5) is 13.2 Å². The average molecular weight is 453 g/mol. The summed E-state index contributed by atoms with van der Waals surface area (Å²) in [4.78, 5) is 30.7. The third-order valence-corrected chi connectivity index (χ3v) is 7.87. The van der Waals surface area contributed by atoms with Crippen molar-refractivity contribution >= 4 is 16.9 Å². The Hall–Kier alpha value is -2.17. The first-order chi connectivity index (χ1) is 14.8. The molecule has 31 heavy (non-hydrogen) atoms. The van der Waals surface area contributed by atoms with Gasteiger partial charge in [-0.15, -0.1) is 11.3 Å². The minimum absolute atomic E-state index is 0.109. The minimum atomic E-state index is -2.91. The van der Waals surface area contributed by atoms with E-state index >= 15 is 4.39 Å². The molecule has 10 heteroatoms. The second-order valence-electron chi connectivity index (χ2n) is 8.44. The number of aromatic nitrogens is 2. The topological polar surface area (TPSA) is 101 Å². The van der Waals surface area contributed by atoms with Crippen LogP contribution in [0.1, 0.15) is 63.8 Å². The molecule has 166 valence electrons. The lowest BCUT2D eigenvalue weighted by Gasteiger charge is -2.32. The summed E-state index contributed by atoms with van der Waals surface area (Å²) in [6.45, 7) is -0.203. The molecule has 2 aromatic rings. The van der Waals surface area contributed by atoms with Crippen LogP contribution < -0.4 is 17.0 Å². The van der Waals surface area contributed by atoms with Crippen molar-refractivity contribution < 1.29 is 17.9 Å². The maximum absolute atomic E-state index is 16.0. The zero-order valence-corrected chi connectivity index (χ0v) is 17.6. The van der Waals surface area contributed by atoms with E-state index in [4.69, 9.17) is 10.5 Å². The van der Waals surface area contributed by atoms with Crippen LogP contribution in [0.2, 0.25) is 0 Å². The molecular weight excluding hydrogens is 431 g/mol. The standard InChI is InChI=1S/C21H22F3N3O3S/c1-30-18-14(12-6-9-10(7-25)21(23,24)5-4-11(9)31-12)16(22)13(8-2-3-8)15-17(18)26-20(29)27-19(15)28/h6,8,10,14,18H,2-5,7,25H2,1H3,(H2,26,27,28,29). The Morgan fingerprint density at radius 3 is 2.68 bits per heavy atom. The van der Waals surface area contributed by atoms with Crippen molar-refractivity contribution in [3.63, 3.8) is 0 Å². The summed E-state index contributed by atoms with van der Waals surface area (Å²) in [5.74, 6) is -5.55. The van der Waals surface area contributed by atoms with Gasteiger partial charge in [0.25, 0.3) is 11.5 Å². The summed E-state index contributed by atoms with van der Waals surface area (Å²) in [7, 11) is 1.38. The Morgan fingerprint density at radius 1 is 1.29 bits per heavy atom. The number of ether oxygens (including phenoxy) is 1. The molecule has 0 bridgehead atoms. The van der Waals surface area contributed by atoms with Gasteiger partial charge in [-0.2, -0.15) is 0 Å². The van der Waals surface area contributed by atoms with E-state index in [9.17, 15) is 18.4 Å². The van der Waals surface area contributed by atoms with Gasteiger partial charge in [0.1, 0.15) is 11.9 Å². The van der Waals surface area contributed by atoms with Gasteiger partial charge in [0, 0.05) is 35.4 Å². The first-order valence-corrected chi connectivity index (χ1v) is 11.1. The Morgan fingerprint density at radius 2 is 2.03 bits per heavy atom. The second-order valence-corrected chi connectivity index (χ2v) is 9.61. The second kappa shape index (κ2) is 7.18. The maximum Gasteiger partial charge on any atom is 0.326 e. The van der Waals surface area contributed by atoms with E-state index in [1.165, 1.54) is 18.4 Å². The fourth-order valence-electron chi connectivity index (χ4n) is 4.96. The lowest BCUT2D eigenvalue weighted by molar-refractivity contribution is -0.0381. The van der Waals surface area contributed by atoms with Crippen molar-refractivity contribution in [1.82, 2.24) is 9.97 Å². The molecule has 2 heterocycles. The number of methoxy groups -OCH3 is 1. The number of nitrogens with two attached hydrogens (primary N) is 1. The quantitative estimate of drug-likeness (QED) is 0.661. The average Bonchev–Trinajstić information content (AvgIpc) is 3.45.